The highest BCUT2D eigenvalue weighted by atomic mass is 16.5. The average Bonchev–Trinajstić information content (AvgIpc) is 2.58. The SMILES string of the molecule is CC1=C(c2ccccc2)N=C(c2ccccc2)O/C1=C\C=O. The van der Waals surface area contributed by atoms with Gasteiger partial charge in [0.15, 0.2) is 0 Å². The summed E-state index contributed by atoms with van der Waals surface area (Å²) in [7, 11) is 0. The van der Waals surface area contributed by atoms with Gasteiger partial charge in [-0.05, 0) is 19.1 Å². The summed E-state index contributed by atoms with van der Waals surface area (Å²) in [6.07, 6.45) is 2.16. The Bertz CT molecular complexity index is 772. The zero-order valence-electron chi connectivity index (χ0n) is 12.2. The van der Waals surface area contributed by atoms with E-state index in [1.807, 2.05) is 67.6 Å². The summed E-state index contributed by atoms with van der Waals surface area (Å²) in [6, 6.07) is 19.5. The maximum Gasteiger partial charge on any atom is 0.227 e. The zero-order chi connectivity index (χ0) is 15.4. The molecule has 0 spiro atoms. The van der Waals surface area contributed by atoms with E-state index in [1.54, 1.807) is 0 Å². The van der Waals surface area contributed by atoms with Crippen LogP contribution < -0.4 is 0 Å². The van der Waals surface area contributed by atoms with Gasteiger partial charge in [0.2, 0.25) is 5.90 Å². The van der Waals surface area contributed by atoms with E-state index >= 15 is 0 Å². The molecule has 3 nitrogen and oxygen atoms in total. The lowest BCUT2D eigenvalue weighted by molar-refractivity contribution is -0.104. The summed E-state index contributed by atoms with van der Waals surface area (Å²) < 4.78 is 5.80. The quantitative estimate of drug-likeness (QED) is 0.633. The number of carbonyl (C=O) groups excluding carboxylic acids is 1. The third-order valence-corrected chi connectivity index (χ3v) is 3.43. The molecule has 2 aromatic carbocycles. The molecule has 0 bridgehead atoms. The molecule has 2 aromatic rings. The van der Waals surface area contributed by atoms with E-state index in [0.29, 0.717) is 11.7 Å². The van der Waals surface area contributed by atoms with E-state index < -0.39 is 0 Å². The van der Waals surface area contributed by atoms with Crippen molar-refractivity contribution < 1.29 is 9.53 Å². The Morgan fingerprint density at radius 3 is 2.09 bits per heavy atom. The first kappa shape index (κ1) is 14.0. The maximum atomic E-state index is 10.9. The lowest BCUT2D eigenvalue weighted by atomic mass is 10.0. The Balaban J connectivity index is 2.15. The molecule has 1 aliphatic heterocycles. The molecule has 0 atom stereocenters. The molecule has 0 N–H and O–H groups in total. The molecule has 1 heterocycles. The van der Waals surface area contributed by atoms with Crippen LogP contribution >= 0.6 is 0 Å². The number of ether oxygens (including phenoxy) is 1. The van der Waals surface area contributed by atoms with Crippen molar-refractivity contribution in [1.82, 2.24) is 0 Å². The number of carbonyl (C=O) groups is 1. The van der Waals surface area contributed by atoms with Gasteiger partial charge in [-0.15, -0.1) is 0 Å². The van der Waals surface area contributed by atoms with Crippen LogP contribution in [0.5, 0.6) is 0 Å². The van der Waals surface area contributed by atoms with Gasteiger partial charge in [0.05, 0.1) is 5.70 Å². The Kier molecular flexibility index (Phi) is 3.97. The smallest absolute Gasteiger partial charge is 0.227 e. The molecule has 0 unspecified atom stereocenters. The van der Waals surface area contributed by atoms with Crippen molar-refractivity contribution in [3.63, 3.8) is 0 Å². The van der Waals surface area contributed by atoms with Crippen molar-refractivity contribution in [2.45, 2.75) is 6.92 Å². The number of aliphatic imine (C=N–C) groups is 1. The van der Waals surface area contributed by atoms with Crippen molar-refractivity contribution >= 4 is 17.9 Å². The van der Waals surface area contributed by atoms with Gasteiger partial charge in [-0.1, -0.05) is 48.5 Å². The van der Waals surface area contributed by atoms with Crippen LogP contribution in [0.1, 0.15) is 18.1 Å². The highest BCUT2D eigenvalue weighted by Gasteiger charge is 2.20. The van der Waals surface area contributed by atoms with Gasteiger partial charge < -0.3 is 4.74 Å². The number of rotatable bonds is 3. The molecule has 1 aliphatic rings. The summed E-state index contributed by atoms with van der Waals surface area (Å²) >= 11 is 0. The topological polar surface area (TPSA) is 38.7 Å². The molecule has 108 valence electrons. The fourth-order valence-corrected chi connectivity index (χ4v) is 2.31. The second-order valence-electron chi connectivity index (χ2n) is 4.89. The predicted molar refractivity (Wildman–Crippen MR) is 87.2 cm³/mol. The molecule has 0 fully saturated rings. The molecule has 0 radical (unpaired) electrons. The van der Waals surface area contributed by atoms with Crippen molar-refractivity contribution in [2.24, 2.45) is 4.99 Å². The first-order chi connectivity index (χ1) is 10.8. The van der Waals surface area contributed by atoms with Gasteiger partial charge in [0.25, 0.3) is 0 Å². The van der Waals surface area contributed by atoms with Crippen LogP contribution in [-0.4, -0.2) is 12.2 Å². The van der Waals surface area contributed by atoms with Gasteiger partial charge in [-0.25, -0.2) is 4.99 Å². The molecule has 3 rings (SSSR count). The number of benzene rings is 2. The second-order valence-corrected chi connectivity index (χ2v) is 4.89. The summed E-state index contributed by atoms with van der Waals surface area (Å²) in [5.41, 5.74) is 3.53. The molecular weight excluding hydrogens is 274 g/mol. The second kappa shape index (κ2) is 6.22. The Morgan fingerprint density at radius 1 is 0.909 bits per heavy atom. The third kappa shape index (κ3) is 2.74. The molecule has 0 saturated carbocycles. The van der Waals surface area contributed by atoms with Gasteiger partial charge in [0.1, 0.15) is 12.0 Å². The van der Waals surface area contributed by atoms with Crippen LogP contribution in [0.15, 0.2) is 83.1 Å². The fraction of sp³-hybridized carbons (Fsp3) is 0.0526. The molecule has 0 aromatic heterocycles. The van der Waals surface area contributed by atoms with Crippen LogP contribution in [0.4, 0.5) is 0 Å². The number of hydrogen-bond acceptors (Lipinski definition) is 3. The van der Waals surface area contributed by atoms with E-state index in [2.05, 4.69) is 4.99 Å². The van der Waals surface area contributed by atoms with Crippen molar-refractivity contribution in [1.29, 1.82) is 0 Å². The number of nitrogens with zero attached hydrogens (tertiary/aromatic N) is 1. The first-order valence-corrected chi connectivity index (χ1v) is 7.03. The predicted octanol–water partition coefficient (Wildman–Crippen LogP) is 3.98. The number of allylic oxidation sites excluding steroid dienone is 2. The van der Waals surface area contributed by atoms with Crippen LogP contribution in [-0.2, 0) is 9.53 Å². The van der Waals surface area contributed by atoms with E-state index in [-0.39, 0.29) is 0 Å². The molecule has 0 aliphatic carbocycles. The van der Waals surface area contributed by atoms with Crippen LogP contribution in [0.2, 0.25) is 0 Å². The van der Waals surface area contributed by atoms with Crippen LogP contribution in [0, 0.1) is 0 Å². The largest absolute Gasteiger partial charge is 0.438 e. The zero-order valence-corrected chi connectivity index (χ0v) is 12.2. The summed E-state index contributed by atoms with van der Waals surface area (Å²) in [6.45, 7) is 1.91. The van der Waals surface area contributed by atoms with E-state index in [0.717, 1.165) is 28.7 Å². The van der Waals surface area contributed by atoms with Crippen molar-refractivity contribution in [2.75, 3.05) is 0 Å². The van der Waals surface area contributed by atoms with Gasteiger partial charge >= 0.3 is 0 Å². The summed E-state index contributed by atoms with van der Waals surface area (Å²) in [5, 5.41) is 0. The fourth-order valence-electron chi connectivity index (χ4n) is 2.31. The highest BCUT2D eigenvalue weighted by Crippen LogP contribution is 2.31. The molecule has 22 heavy (non-hydrogen) atoms. The van der Waals surface area contributed by atoms with Crippen LogP contribution in [0.3, 0.4) is 0 Å². The number of aldehydes is 1. The molecule has 0 saturated heterocycles. The monoisotopic (exact) mass is 289 g/mol. The maximum absolute atomic E-state index is 10.9. The molecular formula is C19H15NO2. The minimum absolute atomic E-state index is 0.498. The van der Waals surface area contributed by atoms with E-state index in [1.165, 1.54) is 6.08 Å². The molecule has 3 heteroatoms. The van der Waals surface area contributed by atoms with Crippen LogP contribution in [0.25, 0.3) is 5.70 Å². The van der Waals surface area contributed by atoms with E-state index in [4.69, 9.17) is 4.74 Å². The van der Waals surface area contributed by atoms with Gasteiger partial charge in [-0.3, -0.25) is 4.79 Å². The normalized spacial score (nSPS) is 16.2. The van der Waals surface area contributed by atoms with Gasteiger partial charge in [0, 0.05) is 22.8 Å². The van der Waals surface area contributed by atoms with E-state index in [9.17, 15) is 4.79 Å². The minimum atomic E-state index is 0.498. The summed E-state index contributed by atoms with van der Waals surface area (Å²) in [5.74, 6) is 1.03. The lowest BCUT2D eigenvalue weighted by Crippen LogP contribution is -2.13. The first-order valence-electron chi connectivity index (χ1n) is 7.03. The van der Waals surface area contributed by atoms with Gasteiger partial charge in [-0.2, -0.15) is 0 Å². The highest BCUT2D eigenvalue weighted by molar-refractivity contribution is 6.01. The molecule has 0 amide bonds. The van der Waals surface area contributed by atoms with Crippen molar-refractivity contribution in [3.05, 3.63) is 89.2 Å². The Morgan fingerprint density at radius 2 is 1.50 bits per heavy atom. The van der Waals surface area contributed by atoms with Crippen molar-refractivity contribution in [3.8, 4) is 0 Å². The third-order valence-electron chi connectivity index (χ3n) is 3.43. The summed E-state index contributed by atoms with van der Waals surface area (Å²) in [4.78, 5) is 15.5. The average molecular weight is 289 g/mol. The minimum Gasteiger partial charge on any atom is -0.438 e. The lowest BCUT2D eigenvalue weighted by Gasteiger charge is -2.20. The standard InChI is InChI=1S/C19H15NO2/c1-14-17(12-13-21)22-19(16-10-6-3-7-11-16)20-18(14)15-8-4-2-5-9-15/h2-13H,1H3/b17-12-. The Hall–Kier alpha value is -2.94. The number of hydrogen-bond donors (Lipinski definition) is 0. The Labute approximate surface area is 129 Å².